The van der Waals surface area contributed by atoms with Crippen molar-refractivity contribution < 1.29 is 17.6 Å². The Morgan fingerprint density at radius 3 is 2.62 bits per heavy atom. The Morgan fingerprint density at radius 2 is 2.10 bits per heavy atom. The summed E-state index contributed by atoms with van der Waals surface area (Å²) in [6.07, 6.45) is -2.35. The predicted octanol–water partition coefficient (Wildman–Crippen LogP) is 3.79. The first kappa shape index (κ1) is 15.8. The zero-order valence-corrected chi connectivity index (χ0v) is 11.9. The van der Waals surface area contributed by atoms with Gasteiger partial charge in [0.2, 0.25) is 0 Å². The fourth-order valence-corrected chi connectivity index (χ4v) is 2.37. The third-order valence-corrected chi connectivity index (χ3v) is 3.40. The minimum absolute atomic E-state index is 0.390. The van der Waals surface area contributed by atoms with Gasteiger partial charge in [-0.2, -0.15) is 21.9 Å². The number of benzene rings is 1. The van der Waals surface area contributed by atoms with E-state index in [1.807, 2.05) is 6.92 Å². The van der Waals surface area contributed by atoms with Crippen molar-refractivity contribution in [3.8, 4) is 0 Å². The zero-order chi connectivity index (χ0) is 15.5. The van der Waals surface area contributed by atoms with Gasteiger partial charge < -0.3 is 5.32 Å². The normalized spacial score (nSPS) is 13.4. The lowest BCUT2D eigenvalue weighted by molar-refractivity contribution is -0.140. The van der Waals surface area contributed by atoms with E-state index >= 15 is 0 Å². The third kappa shape index (κ3) is 3.76. The standard InChI is InChI=1S/C13H13F4N3S/c1-2-5-18-12(11-7-19-21-20-11)8-3-4-9(10(14)6-8)13(15,16)17/h3-4,6-7,12,18H,2,5H2,1H3. The maximum Gasteiger partial charge on any atom is 0.419 e. The Hall–Kier alpha value is -1.54. The number of nitrogens with one attached hydrogen (secondary N) is 1. The second-order valence-electron chi connectivity index (χ2n) is 4.46. The maximum atomic E-state index is 13.7. The lowest BCUT2D eigenvalue weighted by atomic mass is 10.0. The molecule has 21 heavy (non-hydrogen) atoms. The number of hydrogen-bond acceptors (Lipinski definition) is 4. The van der Waals surface area contributed by atoms with Gasteiger partial charge in [0.1, 0.15) is 5.82 Å². The van der Waals surface area contributed by atoms with E-state index in [0.717, 1.165) is 30.3 Å². The molecule has 1 aromatic heterocycles. The number of alkyl halides is 3. The van der Waals surface area contributed by atoms with Crippen molar-refractivity contribution in [1.82, 2.24) is 14.1 Å². The van der Waals surface area contributed by atoms with Gasteiger partial charge in [0.25, 0.3) is 0 Å². The fraction of sp³-hybridized carbons (Fsp3) is 0.385. The molecular weight excluding hydrogens is 306 g/mol. The first-order chi connectivity index (χ1) is 9.93. The molecule has 2 rings (SSSR count). The largest absolute Gasteiger partial charge is 0.419 e. The fourth-order valence-electron chi connectivity index (χ4n) is 1.92. The van der Waals surface area contributed by atoms with Crippen LogP contribution in [0.5, 0.6) is 0 Å². The molecule has 0 saturated heterocycles. The molecule has 1 atom stereocenters. The number of aromatic nitrogens is 2. The molecule has 2 aromatic rings. The summed E-state index contributed by atoms with van der Waals surface area (Å²) in [7, 11) is 0. The lowest BCUT2D eigenvalue weighted by Gasteiger charge is -2.18. The van der Waals surface area contributed by atoms with E-state index < -0.39 is 23.6 Å². The summed E-state index contributed by atoms with van der Waals surface area (Å²) in [4.78, 5) is 0. The van der Waals surface area contributed by atoms with Crippen LogP contribution in [0.15, 0.2) is 24.4 Å². The number of halogens is 4. The van der Waals surface area contributed by atoms with Crippen LogP contribution in [0.4, 0.5) is 17.6 Å². The van der Waals surface area contributed by atoms with Crippen molar-refractivity contribution in [3.05, 3.63) is 47.0 Å². The van der Waals surface area contributed by atoms with Crippen molar-refractivity contribution in [1.29, 1.82) is 0 Å². The van der Waals surface area contributed by atoms with Gasteiger partial charge in [-0.15, -0.1) is 0 Å². The molecular formula is C13H13F4N3S. The minimum Gasteiger partial charge on any atom is -0.305 e. The molecule has 0 spiro atoms. The first-order valence-electron chi connectivity index (χ1n) is 6.31. The molecule has 0 aliphatic rings. The van der Waals surface area contributed by atoms with Crippen LogP contribution in [-0.4, -0.2) is 15.3 Å². The Labute approximate surface area is 123 Å². The minimum atomic E-state index is -4.70. The van der Waals surface area contributed by atoms with Crippen molar-refractivity contribution >= 4 is 11.7 Å². The molecule has 0 amide bonds. The molecule has 1 N–H and O–H groups in total. The van der Waals surface area contributed by atoms with Gasteiger partial charge in [0, 0.05) is 0 Å². The molecule has 3 nitrogen and oxygen atoms in total. The molecule has 1 heterocycles. The van der Waals surface area contributed by atoms with Crippen molar-refractivity contribution in [2.75, 3.05) is 6.54 Å². The Balaban J connectivity index is 2.35. The van der Waals surface area contributed by atoms with Gasteiger partial charge in [-0.05, 0) is 30.7 Å². The van der Waals surface area contributed by atoms with E-state index in [1.54, 1.807) is 0 Å². The van der Waals surface area contributed by atoms with E-state index in [1.165, 1.54) is 12.3 Å². The molecule has 0 aliphatic heterocycles. The van der Waals surface area contributed by atoms with E-state index in [0.29, 0.717) is 17.8 Å². The van der Waals surface area contributed by atoms with Crippen molar-refractivity contribution in [2.45, 2.75) is 25.6 Å². The smallest absolute Gasteiger partial charge is 0.305 e. The molecule has 0 aliphatic carbocycles. The summed E-state index contributed by atoms with van der Waals surface area (Å²) >= 11 is 0.994. The van der Waals surface area contributed by atoms with Crippen LogP contribution in [0.1, 0.15) is 36.2 Å². The average Bonchev–Trinajstić information content (AvgIpc) is 2.91. The second kappa shape index (κ2) is 6.48. The van der Waals surface area contributed by atoms with Crippen molar-refractivity contribution in [2.24, 2.45) is 0 Å². The van der Waals surface area contributed by atoms with Crippen LogP contribution in [0, 0.1) is 5.82 Å². The van der Waals surface area contributed by atoms with Crippen molar-refractivity contribution in [3.63, 3.8) is 0 Å². The summed E-state index contributed by atoms with van der Waals surface area (Å²) in [6, 6.07) is 2.44. The molecule has 1 aromatic carbocycles. The van der Waals surface area contributed by atoms with E-state index in [2.05, 4.69) is 14.1 Å². The molecule has 114 valence electrons. The average molecular weight is 319 g/mol. The van der Waals surface area contributed by atoms with Crippen LogP contribution in [0.2, 0.25) is 0 Å². The van der Waals surface area contributed by atoms with Crippen LogP contribution in [0.25, 0.3) is 0 Å². The quantitative estimate of drug-likeness (QED) is 0.852. The summed E-state index contributed by atoms with van der Waals surface area (Å²) in [5.74, 6) is -1.29. The first-order valence-corrected chi connectivity index (χ1v) is 7.04. The third-order valence-electron chi connectivity index (χ3n) is 2.90. The molecule has 8 heteroatoms. The molecule has 0 fully saturated rings. The summed E-state index contributed by atoms with van der Waals surface area (Å²) in [5, 5.41) is 3.13. The maximum absolute atomic E-state index is 13.7. The topological polar surface area (TPSA) is 37.8 Å². The lowest BCUT2D eigenvalue weighted by Crippen LogP contribution is -2.24. The molecule has 0 saturated carbocycles. The van der Waals surface area contributed by atoms with Gasteiger partial charge >= 0.3 is 6.18 Å². The Bertz CT molecular complexity index is 584. The van der Waals surface area contributed by atoms with Crippen LogP contribution in [-0.2, 0) is 6.18 Å². The predicted molar refractivity (Wildman–Crippen MR) is 71.4 cm³/mol. The van der Waals surface area contributed by atoms with Gasteiger partial charge in [-0.3, -0.25) is 0 Å². The van der Waals surface area contributed by atoms with E-state index in [-0.39, 0.29) is 0 Å². The van der Waals surface area contributed by atoms with E-state index in [4.69, 9.17) is 0 Å². The highest BCUT2D eigenvalue weighted by Crippen LogP contribution is 2.33. The van der Waals surface area contributed by atoms with E-state index in [9.17, 15) is 17.6 Å². The highest BCUT2D eigenvalue weighted by Gasteiger charge is 2.34. The number of rotatable bonds is 5. The highest BCUT2D eigenvalue weighted by atomic mass is 32.1. The SMILES string of the molecule is CCCNC(c1ccc(C(F)(F)F)c(F)c1)c1cnsn1. The van der Waals surface area contributed by atoms with Gasteiger partial charge in [0.15, 0.2) is 0 Å². The van der Waals surface area contributed by atoms with Gasteiger partial charge in [0.05, 0.1) is 35.2 Å². The summed E-state index contributed by atoms with van der Waals surface area (Å²) in [5.41, 5.74) is -0.314. The highest BCUT2D eigenvalue weighted by molar-refractivity contribution is 6.99. The molecule has 0 bridgehead atoms. The summed E-state index contributed by atoms with van der Waals surface area (Å²) < 4.78 is 59.4. The summed E-state index contributed by atoms with van der Waals surface area (Å²) in [6.45, 7) is 2.58. The zero-order valence-electron chi connectivity index (χ0n) is 11.1. The number of nitrogens with zero attached hydrogens (tertiary/aromatic N) is 2. The van der Waals surface area contributed by atoms with Crippen LogP contribution < -0.4 is 5.32 Å². The van der Waals surface area contributed by atoms with Crippen LogP contribution >= 0.6 is 11.7 Å². The van der Waals surface area contributed by atoms with Crippen LogP contribution in [0.3, 0.4) is 0 Å². The molecule has 1 unspecified atom stereocenters. The monoisotopic (exact) mass is 319 g/mol. The molecule has 0 radical (unpaired) electrons. The van der Waals surface area contributed by atoms with Gasteiger partial charge in [-0.25, -0.2) is 4.39 Å². The number of hydrogen-bond donors (Lipinski definition) is 1. The van der Waals surface area contributed by atoms with Gasteiger partial charge in [-0.1, -0.05) is 13.0 Å². The Kier molecular flexibility index (Phi) is 4.89. The second-order valence-corrected chi connectivity index (χ2v) is 5.01. The Morgan fingerprint density at radius 1 is 1.33 bits per heavy atom.